The van der Waals surface area contributed by atoms with Crippen LogP contribution in [-0.4, -0.2) is 16.6 Å². The van der Waals surface area contributed by atoms with Crippen LogP contribution in [0.3, 0.4) is 0 Å². The van der Waals surface area contributed by atoms with Crippen molar-refractivity contribution in [2.45, 2.75) is 26.4 Å². The maximum absolute atomic E-state index is 9.60. The molecule has 0 saturated carbocycles. The molecule has 3 aliphatic heterocycles. The fourth-order valence-electron chi connectivity index (χ4n) is 2.31. The number of carbonyl (C=O) groups is 1. The predicted octanol–water partition coefficient (Wildman–Crippen LogP) is 5.33. The second-order valence-corrected chi connectivity index (χ2v) is 7.44. The summed E-state index contributed by atoms with van der Waals surface area (Å²) in [5, 5.41) is 0.912. The highest BCUT2D eigenvalue weighted by molar-refractivity contribution is 7.24. The van der Waals surface area contributed by atoms with Gasteiger partial charge >= 0.3 is 0 Å². The Bertz CT molecular complexity index is 887. The summed E-state index contributed by atoms with van der Waals surface area (Å²) in [7, 11) is 0. The van der Waals surface area contributed by atoms with Gasteiger partial charge in [0.05, 0.1) is 31.1 Å². The van der Waals surface area contributed by atoms with Crippen molar-refractivity contribution in [3.63, 3.8) is 0 Å². The number of nitrogens with zero attached hydrogens (tertiary/aromatic N) is 1. The van der Waals surface area contributed by atoms with Gasteiger partial charge in [-0.15, -0.1) is 11.3 Å². The maximum atomic E-state index is 9.60. The molecule has 0 aromatic heterocycles. The number of rotatable bonds is 1. The molecule has 0 aliphatic carbocycles. The number of hydrogen-bond donors (Lipinski definition) is 0. The normalized spacial score (nSPS) is 11.8. The Kier molecular flexibility index (Phi) is 3.75. The van der Waals surface area contributed by atoms with E-state index in [1.54, 1.807) is 11.3 Å². The highest BCUT2D eigenvalue weighted by atomic mass is 35.5. The molecule has 3 heterocycles. The second kappa shape index (κ2) is 5.45. The van der Waals surface area contributed by atoms with Crippen molar-refractivity contribution in [3.8, 4) is 5.69 Å². The Morgan fingerprint density at radius 2 is 1.82 bits per heavy atom. The summed E-state index contributed by atoms with van der Waals surface area (Å²) in [4.78, 5) is 9.60. The molecule has 22 heavy (non-hydrogen) atoms. The summed E-state index contributed by atoms with van der Waals surface area (Å²) in [5.74, 6) is 0. The lowest BCUT2D eigenvalue weighted by atomic mass is 10.1. The summed E-state index contributed by atoms with van der Waals surface area (Å²) in [5.41, 5.74) is 3.24. The minimum absolute atomic E-state index is 0.318. The van der Waals surface area contributed by atoms with Gasteiger partial charge in [-0.25, -0.2) is 0 Å². The van der Waals surface area contributed by atoms with Gasteiger partial charge in [0.2, 0.25) is 0 Å². The molecule has 0 fully saturated rings. The molecule has 3 nitrogen and oxygen atoms in total. The standard InChI is InChI=1S/C12H6ClNS.C5H10O2/c13-11-8-5-6-10-12(11)14(8)7-3-1-2-4-9(7)15-10;1-5(2,3)7-4-6/h1-6H;4H,1-3H3. The lowest BCUT2D eigenvalue weighted by molar-refractivity contribution is -0.138. The minimum Gasteiger partial charge on any atom is -0.462 e. The van der Waals surface area contributed by atoms with Crippen LogP contribution >= 0.6 is 22.9 Å². The Hall–Kier alpha value is -1.78. The molecule has 0 spiro atoms. The van der Waals surface area contributed by atoms with Crippen LogP contribution in [0.15, 0.2) is 36.4 Å². The number of ether oxygens (including phenoxy) is 1. The van der Waals surface area contributed by atoms with Gasteiger partial charge in [0.15, 0.2) is 0 Å². The van der Waals surface area contributed by atoms with Crippen LogP contribution in [0, 0.1) is 0 Å². The molecule has 0 amide bonds. The van der Waals surface area contributed by atoms with Crippen LogP contribution in [0.2, 0.25) is 5.02 Å². The van der Waals surface area contributed by atoms with E-state index in [1.165, 1.54) is 20.6 Å². The lowest BCUT2D eigenvalue weighted by Gasteiger charge is -2.25. The average molecular weight is 334 g/mol. The first-order chi connectivity index (χ1) is 10.4. The molecule has 0 radical (unpaired) electrons. The number of para-hydroxylation sites is 1. The number of hydrogen-bond acceptors (Lipinski definition) is 3. The smallest absolute Gasteiger partial charge is 0.293 e. The van der Waals surface area contributed by atoms with Crippen molar-refractivity contribution in [2.75, 3.05) is 0 Å². The quantitative estimate of drug-likeness (QED) is 0.348. The van der Waals surface area contributed by atoms with E-state index < -0.39 is 0 Å². The molecule has 5 heteroatoms. The number of pyridine rings is 1. The van der Waals surface area contributed by atoms with Crippen LogP contribution in [0.25, 0.3) is 26.1 Å². The van der Waals surface area contributed by atoms with Gasteiger partial charge in [0, 0.05) is 0 Å². The van der Waals surface area contributed by atoms with E-state index in [1.807, 2.05) is 20.8 Å². The predicted molar refractivity (Wildman–Crippen MR) is 92.9 cm³/mol. The molecule has 114 valence electrons. The summed E-state index contributed by atoms with van der Waals surface area (Å²) in [6.45, 7) is 5.92. The number of fused-ring (bicyclic) bond motifs is 2. The molecule has 3 aliphatic rings. The van der Waals surface area contributed by atoms with Crippen molar-refractivity contribution < 1.29 is 9.53 Å². The third-order valence-corrected chi connectivity index (χ3v) is 4.74. The average Bonchev–Trinajstić information content (AvgIpc) is 2.45. The van der Waals surface area contributed by atoms with Gasteiger partial charge in [-0.1, -0.05) is 23.7 Å². The monoisotopic (exact) mass is 333 g/mol. The Balaban J connectivity index is 0.000000178. The zero-order chi connectivity index (χ0) is 15.9. The first-order valence-electron chi connectivity index (χ1n) is 6.93. The lowest BCUT2D eigenvalue weighted by Crippen LogP contribution is -2.17. The SMILES string of the molecule is CC(C)(C)OC=O.Clc1c2c3ccc1n-2c1ccccc1s3. The maximum Gasteiger partial charge on any atom is 0.293 e. The zero-order valence-electron chi connectivity index (χ0n) is 12.6. The highest BCUT2D eigenvalue weighted by Gasteiger charge is 2.23. The molecule has 5 rings (SSSR count). The van der Waals surface area contributed by atoms with Crippen LogP contribution in [0.4, 0.5) is 0 Å². The van der Waals surface area contributed by atoms with E-state index in [9.17, 15) is 4.79 Å². The van der Waals surface area contributed by atoms with E-state index in [0.29, 0.717) is 6.47 Å². The van der Waals surface area contributed by atoms with E-state index in [0.717, 1.165) is 10.5 Å². The van der Waals surface area contributed by atoms with Gasteiger partial charge < -0.3 is 9.30 Å². The molecule has 0 saturated heterocycles. The number of aromatic nitrogens is 1. The van der Waals surface area contributed by atoms with Crippen molar-refractivity contribution in [1.82, 2.24) is 4.57 Å². The van der Waals surface area contributed by atoms with Crippen LogP contribution in [0.5, 0.6) is 0 Å². The van der Waals surface area contributed by atoms with Gasteiger partial charge in [0.1, 0.15) is 5.60 Å². The van der Waals surface area contributed by atoms with Crippen molar-refractivity contribution in [3.05, 3.63) is 41.4 Å². The van der Waals surface area contributed by atoms with E-state index in [2.05, 4.69) is 45.7 Å². The first-order valence-corrected chi connectivity index (χ1v) is 8.13. The van der Waals surface area contributed by atoms with E-state index >= 15 is 0 Å². The molecule has 4 bridgehead atoms. The second-order valence-electron chi connectivity index (χ2n) is 5.98. The number of carbonyl (C=O) groups excluding carboxylic acids is 1. The molecule has 2 aromatic carbocycles. The fraction of sp³-hybridized carbons (Fsp3) is 0.235. The number of halogens is 1. The first kappa shape index (κ1) is 15.1. The third kappa shape index (κ3) is 2.53. The fourth-order valence-corrected chi connectivity index (χ4v) is 3.77. The summed E-state index contributed by atoms with van der Waals surface area (Å²) >= 11 is 8.00. The van der Waals surface area contributed by atoms with Crippen molar-refractivity contribution in [1.29, 1.82) is 0 Å². The van der Waals surface area contributed by atoms with Crippen LogP contribution < -0.4 is 0 Å². The van der Waals surface area contributed by atoms with Crippen molar-refractivity contribution >= 4 is 49.8 Å². The topological polar surface area (TPSA) is 31.2 Å². The molecule has 0 unspecified atom stereocenters. The Morgan fingerprint density at radius 3 is 2.41 bits per heavy atom. The highest BCUT2D eigenvalue weighted by Crippen LogP contribution is 2.45. The van der Waals surface area contributed by atoms with Gasteiger partial charge in [-0.2, -0.15) is 0 Å². The number of benzene rings is 2. The summed E-state index contributed by atoms with van der Waals surface area (Å²) in [6.07, 6.45) is 0. The van der Waals surface area contributed by atoms with Gasteiger partial charge in [-0.3, -0.25) is 4.79 Å². The van der Waals surface area contributed by atoms with Crippen molar-refractivity contribution in [2.24, 2.45) is 0 Å². The largest absolute Gasteiger partial charge is 0.462 e. The zero-order valence-corrected chi connectivity index (χ0v) is 14.2. The van der Waals surface area contributed by atoms with Gasteiger partial charge in [0.25, 0.3) is 6.47 Å². The van der Waals surface area contributed by atoms with Crippen LogP contribution in [-0.2, 0) is 9.53 Å². The Morgan fingerprint density at radius 1 is 1.09 bits per heavy atom. The minimum atomic E-state index is -0.318. The third-order valence-electron chi connectivity index (χ3n) is 3.25. The van der Waals surface area contributed by atoms with E-state index in [-0.39, 0.29) is 5.60 Å². The molecular weight excluding hydrogens is 318 g/mol. The van der Waals surface area contributed by atoms with Crippen LogP contribution in [0.1, 0.15) is 20.8 Å². The summed E-state index contributed by atoms with van der Waals surface area (Å²) < 4.78 is 9.35. The Labute approximate surface area is 137 Å². The molecule has 2 aromatic rings. The molecule has 0 atom stereocenters. The molecule has 0 N–H and O–H groups in total. The summed E-state index contributed by atoms with van der Waals surface area (Å²) in [6, 6.07) is 12.7. The van der Waals surface area contributed by atoms with E-state index in [4.69, 9.17) is 11.6 Å². The van der Waals surface area contributed by atoms with Gasteiger partial charge in [-0.05, 0) is 45.0 Å². The molecular formula is C17H16ClNO2S.